The fourth-order valence-corrected chi connectivity index (χ4v) is 5.49. The summed E-state index contributed by atoms with van der Waals surface area (Å²) in [5.41, 5.74) is 1.06. The SMILES string of the molecule is C[C@H]1C[C@H](C)CN(c2cc(N3CCCCCC3)nc(NC(=S)NCc3ccc4c(c3)OCO4)n2)C1. The lowest BCUT2D eigenvalue weighted by Crippen LogP contribution is -2.39. The standard InChI is InChI=1S/C26H36N6O2S/c1-18-11-19(2)16-32(15-18)24-13-23(31-9-5-3-4-6-10-31)28-25(29-24)30-26(35)27-14-20-7-8-21-22(12-20)34-17-33-21/h7-8,12-13,18-19H,3-6,9-11,14-17H2,1-2H3,(H2,27,28,29,30,35)/t18-,19-/m0/s1. The lowest BCUT2D eigenvalue weighted by molar-refractivity contribution is 0.174. The van der Waals surface area contributed by atoms with Crippen LogP contribution in [0.3, 0.4) is 0 Å². The van der Waals surface area contributed by atoms with Crippen LogP contribution in [0.15, 0.2) is 24.3 Å². The van der Waals surface area contributed by atoms with E-state index in [9.17, 15) is 0 Å². The Kier molecular flexibility index (Phi) is 7.41. The fourth-order valence-electron chi connectivity index (χ4n) is 5.33. The van der Waals surface area contributed by atoms with Crippen LogP contribution < -0.4 is 29.9 Å². The van der Waals surface area contributed by atoms with Crippen molar-refractivity contribution in [2.24, 2.45) is 11.8 Å². The van der Waals surface area contributed by atoms with Gasteiger partial charge in [0.2, 0.25) is 12.7 Å². The summed E-state index contributed by atoms with van der Waals surface area (Å²) in [6.45, 7) is 9.61. The molecule has 1 aromatic carbocycles. The second-order valence-corrected chi connectivity index (χ2v) is 10.6. The van der Waals surface area contributed by atoms with Crippen molar-refractivity contribution in [1.82, 2.24) is 15.3 Å². The Labute approximate surface area is 213 Å². The van der Waals surface area contributed by atoms with E-state index in [-0.39, 0.29) is 6.79 Å². The summed E-state index contributed by atoms with van der Waals surface area (Å²) in [6, 6.07) is 8.09. The van der Waals surface area contributed by atoms with Crippen LogP contribution in [0.25, 0.3) is 0 Å². The quantitative estimate of drug-likeness (QED) is 0.580. The van der Waals surface area contributed by atoms with Gasteiger partial charge >= 0.3 is 0 Å². The Hall–Kier alpha value is -2.81. The molecule has 0 unspecified atom stereocenters. The van der Waals surface area contributed by atoms with Crippen molar-refractivity contribution in [3.05, 3.63) is 29.8 Å². The van der Waals surface area contributed by atoms with Crippen LogP contribution in [-0.4, -0.2) is 48.1 Å². The number of hydrogen-bond acceptors (Lipinski definition) is 7. The lowest BCUT2D eigenvalue weighted by Gasteiger charge is -2.36. The largest absolute Gasteiger partial charge is 0.454 e. The normalized spacial score (nSPS) is 22.0. The summed E-state index contributed by atoms with van der Waals surface area (Å²) in [6.07, 6.45) is 6.24. The van der Waals surface area contributed by atoms with Crippen LogP contribution in [0.1, 0.15) is 51.5 Å². The highest BCUT2D eigenvalue weighted by Crippen LogP contribution is 2.32. The van der Waals surface area contributed by atoms with Gasteiger partial charge in [-0.25, -0.2) is 0 Å². The van der Waals surface area contributed by atoms with E-state index in [1.54, 1.807) is 0 Å². The molecular weight excluding hydrogens is 460 g/mol. The molecule has 0 aliphatic carbocycles. The van der Waals surface area contributed by atoms with Crippen LogP contribution >= 0.6 is 12.2 Å². The molecule has 0 radical (unpaired) electrons. The van der Waals surface area contributed by atoms with Crippen LogP contribution in [0.5, 0.6) is 11.5 Å². The maximum Gasteiger partial charge on any atom is 0.232 e. The molecule has 8 nitrogen and oxygen atoms in total. The minimum Gasteiger partial charge on any atom is -0.454 e. The van der Waals surface area contributed by atoms with Gasteiger partial charge in [0.1, 0.15) is 11.6 Å². The van der Waals surface area contributed by atoms with Crippen molar-refractivity contribution in [2.75, 3.05) is 48.1 Å². The van der Waals surface area contributed by atoms with E-state index in [2.05, 4.69) is 40.3 Å². The topological polar surface area (TPSA) is 74.8 Å². The zero-order valence-corrected chi connectivity index (χ0v) is 21.6. The molecule has 2 atom stereocenters. The Morgan fingerprint density at radius 2 is 1.63 bits per heavy atom. The van der Waals surface area contributed by atoms with Gasteiger partial charge in [-0.3, -0.25) is 0 Å². The number of nitrogens with one attached hydrogen (secondary N) is 2. The van der Waals surface area contributed by atoms with Gasteiger partial charge in [0.25, 0.3) is 0 Å². The van der Waals surface area contributed by atoms with E-state index < -0.39 is 0 Å². The third-order valence-corrected chi connectivity index (χ3v) is 7.18. The Morgan fingerprint density at radius 3 is 2.37 bits per heavy atom. The molecule has 3 aliphatic rings. The van der Waals surface area contributed by atoms with Gasteiger partial charge in [-0.05, 0) is 61.0 Å². The molecule has 0 saturated carbocycles. The number of piperidine rings is 1. The summed E-state index contributed by atoms with van der Waals surface area (Å²) >= 11 is 5.61. The van der Waals surface area contributed by atoms with Crippen molar-refractivity contribution < 1.29 is 9.47 Å². The van der Waals surface area contributed by atoms with Crippen LogP contribution in [0.2, 0.25) is 0 Å². The summed E-state index contributed by atoms with van der Waals surface area (Å²) in [4.78, 5) is 14.6. The Bertz CT molecular complexity index is 1030. The summed E-state index contributed by atoms with van der Waals surface area (Å²) < 4.78 is 10.9. The highest BCUT2D eigenvalue weighted by atomic mass is 32.1. The monoisotopic (exact) mass is 496 g/mol. The van der Waals surface area contributed by atoms with Gasteiger partial charge in [-0.15, -0.1) is 0 Å². The molecule has 188 valence electrons. The molecule has 2 fully saturated rings. The lowest BCUT2D eigenvalue weighted by atomic mass is 9.92. The van der Waals surface area contributed by atoms with Gasteiger partial charge in [0.05, 0.1) is 0 Å². The van der Waals surface area contributed by atoms with Crippen LogP contribution in [0, 0.1) is 11.8 Å². The molecule has 0 amide bonds. The van der Waals surface area contributed by atoms with E-state index in [0.29, 0.717) is 29.4 Å². The second-order valence-electron chi connectivity index (χ2n) is 10.2. The van der Waals surface area contributed by atoms with Crippen molar-refractivity contribution in [1.29, 1.82) is 0 Å². The third-order valence-electron chi connectivity index (χ3n) is 6.94. The van der Waals surface area contributed by atoms with Crippen molar-refractivity contribution in [3.63, 3.8) is 0 Å². The molecular formula is C26H36N6O2S. The Morgan fingerprint density at radius 1 is 0.943 bits per heavy atom. The first-order chi connectivity index (χ1) is 17.0. The third kappa shape index (κ3) is 6.07. The Balaban J connectivity index is 1.31. The average molecular weight is 497 g/mol. The summed E-state index contributed by atoms with van der Waals surface area (Å²) in [5, 5.41) is 7.03. The van der Waals surface area contributed by atoms with E-state index in [0.717, 1.165) is 54.9 Å². The van der Waals surface area contributed by atoms with Gasteiger partial charge < -0.3 is 29.9 Å². The van der Waals surface area contributed by atoms with Gasteiger partial charge in [-0.1, -0.05) is 32.8 Å². The van der Waals surface area contributed by atoms with E-state index in [1.165, 1.54) is 32.1 Å². The van der Waals surface area contributed by atoms with Gasteiger partial charge in [-0.2, -0.15) is 9.97 Å². The number of anilines is 3. The second kappa shape index (κ2) is 10.8. The zero-order valence-electron chi connectivity index (χ0n) is 20.8. The van der Waals surface area contributed by atoms with Crippen LogP contribution in [0.4, 0.5) is 17.6 Å². The highest BCUT2D eigenvalue weighted by Gasteiger charge is 2.25. The predicted molar refractivity (Wildman–Crippen MR) is 143 cm³/mol. The molecule has 2 aromatic rings. The van der Waals surface area contributed by atoms with E-state index >= 15 is 0 Å². The minimum atomic E-state index is 0.272. The molecule has 4 heterocycles. The van der Waals surface area contributed by atoms with Gasteiger partial charge in [0.15, 0.2) is 16.6 Å². The molecule has 5 rings (SSSR count). The van der Waals surface area contributed by atoms with E-state index in [4.69, 9.17) is 31.7 Å². The molecule has 35 heavy (non-hydrogen) atoms. The predicted octanol–water partition coefficient (Wildman–Crippen LogP) is 4.55. The smallest absolute Gasteiger partial charge is 0.232 e. The maximum absolute atomic E-state index is 5.61. The number of benzene rings is 1. The number of thiocarbonyl (C=S) groups is 1. The number of ether oxygens (including phenoxy) is 2. The zero-order chi connectivity index (χ0) is 24.2. The molecule has 9 heteroatoms. The summed E-state index contributed by atoms with van der Waals surface area (Å²) in [5.74, 6) is 5.37. The van der Waals surface area contributed by atoms with Crippen molar-refractivity contribution in [2.45, 2.75) is 52.5 Å². The maximum atomic E-state index is 5.61. The number of fused-ring (bicyclic) bond motifs is 1. The van der Waals surface area contributed by atoms with Crippen LogP contribution in [-0.2, 0) is 6.54 Å². The molecule has 2 N–H and O–H groups in total. The van der Waals surface area contributed by atoms with Crippen molar-refractivity contribution in [3.8, 4) is 11.5 Å². The highest BCUT2D eigenvalue weighted by molar-refractivity contribution is 7.80. The summed E-state index contributed by atoms with van der Waals surface area (Å²) in [7, 11) is 0. The van der Waals surface area contributed by atoms with Crippen molar-refractivity contribution >= 4 is 34.9 Å². The molecule has 0 bridgehead atoms. The molecule has 3 aliphatic heterocycles. The number of nitrogens with zero attached hydrogens (tertiary/aromatic N) is 4. The first-order valence-corrected chi connectivity index (χ1v) is 13.3. The van der Waals surface area contributed by atoms with E-state index in [1.807, 2.05) is 18.2 Å². The first-order valence-electron chi connectivity index (χ1n) is 12.9. The molecule has 0 spiro atoms. The molecule has 2 saturated heterocycles. The molecule has 1 aromatic heterocycles. The number of aromatic nitrogens is 2. The average Bonchev–Trinajstić information content (AvgIpc) is 3.13. The first kappa shape index (κ1) is 23.9. The van der Waals surface area contributed by atoms with Gasteiger partial charge in [0, 0.05) is 38.8 Å². The number of rotatable bonds is 5. The number of hydrogen-bond donors (Lipinski definition) is 2. The minimum absolute atomic E-state index is 0.272. The fraction of sp³-hybridized carbons (Fsp3) is 0.577.